The summed E-state index contributed by atoms with van der Waals surface area (Å²) in [5.41, 5.74) is 5.45. The van der Waals surface area contributed by atoms with Gasteiger partial charge in [0.05, 0.1) is 6.04 Å². The number of sulfonamides is 1. The number of nitrogens with two attached hydrogens (primary N) is 1. The van der Waals surface area contributed by atoms with Crippen LogP contribution in [0.3, 0.4) is 0 Å². The van der Waals surface area contributed by atoms with Crippen LogP contribution in [0.25, 0.3) is 0 Å². The standard InChI is InChI=1S/C12H18FN5O2S/c1-9(11(14)15)17-5-7-18(8-6-17)21(19,20)12-10(13)3-2-4-16-12/h2-4,9H,5-8H2,1H3,(H3,14,15). The number of hydrogen-bond acceptors (Lipinski definition) is 5. The Kier molecular flexibility index (Phi) is 4.55. The van der Waals surface area contributed by atoms with E-state index >= 15 is 0 Å². The Morgan fingerprint density at radius 2 is 2.05 bits per heavy atom. The lowest BCUT2D eigenvalue weighted by atomic mass is 10.2. The zero-order valence-electron chi connectivity index (χ0n) is 11.7. The van der Waals surface area contributed by atoms with Crippen LogP contribution in [0.2, 0.25) is 0 Å². The molecule has 1 aliphatic heterocycles. The average molecular weight is 315 g/mol. The molecular weight excluding hydrogens is 297 g/mol. The molecule has 1 unspecified atom stereocenters. The van der Waals surface area contributed by atoms with Crippen LogP contribution >= 0.6 is 0 Å². The fourth-order valence-electron chi connectivity index (χ4n) is 2.21. The molecule has 3 N–H and O–H groups in total. The molecule has 1 aromatic heterocycles. The fourth-order valence-corrected chi connectivity index (χ4v) is 3.61. The lowest BCUT2D eigenvalue weighted by Gasteiger charge is -2.36. The van der Waals surface area contributed by atoms with Gasteiger partial charge in [0.25, 0.3) is 10.0 Å². The van der Waals surface area contributed by atoms with Crippen LogP contribution in [0.4, 0.5) is 4.39 Å². The molecule has 9 heteroatoms. The molecule has 0 bridgehead atoms. The molecule has 2 rings (SSSR count). The van der Waals surface area contributed by atoms with Gasteiger partial charge in [-0.1, -0.05) is 0 Å². The normalized spacial score (nSPS) is 19.3. The molecule has 2 heterocycles. The van der Waals surface area contributed by atoms with Gasteiger partial charge in [-0.15, -0.1) is 0 Å². The molecule has 0 amide bonds. The summed E-state index contributed by atoms with van der Waals surface area (Å²) >= 11 is 0. The predicted molar refractivity (Wildman–Crippen MR) is 75.9 cm³/mol. The third-order valence-electron chi connectivity index (χ3n) is 3.58. The molecule has 7 nitrogen and oxygen atoms in total. The van der Waals surface area contributed by atoms with Crippen LogP contribution in [0, 0.1) is 11.2 Å². The molecule has 0 aromatic carbocycles. The van der Waals surface area contributed by atoms with Gasteiger partial charge in [0.15, 0.2) is 5.82 Å². The maximum atomic E-state index is 13.6. The van der Waals surface area contributed by atoms with E-state index in [4.69, 9.17) is 11.1 Å². The summed E-state index contributed by atoms with van der Waals surface area (Å²) in [6, 6.07) is 2.19. The molecule has 0 aliphatic carbocycles. The number of piperazine rings is 1. The van der Waals surface area contributed by atoms with E-state index in [-0.39, 0.29) is 25.0 Å². The van der Waals surface area contributed by atoms with Crippen molar-refractivity contribution in [3.8, 4) is 0 Å². The molecule has 0 spiro atoms. The zero-order valence-corrected chi connectivity index (χ0v) is 12.5. The van der Waals surface area contributed by atoms with Gasteiger partial charge in [0, 0.05) is 32.4 Å². The lowest BCUT2D eigenvalue weighted by Crippen LogP contribution is -2.54. The quantitative estimate of drug-likeness (QED) is 0.594. The summed E-state index contributed by atoms with van der Waals surface area (Å²) in [7, 11) is -3.93. The van der Waals surface area contributed by atoms with E-state index in [1.54, 1.807) is 6.92 Å². The predicted octanol–water partition coefficient (Wildman–Crippen LogP) is -0.149. The van der Waals surface area contributed by atoms with Crippen molar-refractivity contribution in [3.05, 3.63) is 24.1 Å². The van der Waals surface area contributed by atoms with E-state index in [1.807, 2.05) is 4.90 Å². The molecule has 1 fully saturated rings. The molecule has 0 radical (unpaired) electrons. The van der Waals surface area contributed by atoms with Crippen molar-refractivity contribution in [1.82, 2.24) is 14.2 Å². The molecule has 0 saturated carbocycles. The number of aromatic nitrogens is 1. The number of halogens is 1. The van der Waals surface area contributed by atoms with E-state index < -0.39 is 20.9 Å². The first-order valence-corrected chi connectivity index (χ1v) is 7.96. The van der Waals surface area contributed by atoms with E-state index in [0.29, 0.717) is 13.1 Å². The summed E-state index contributed by atoms with van der Waals surface area (Å²) in [6.45, 7) is 3.11. The van der Waals surface area contributed by atoms with Crippen LogP contribution in [-0.4, -0.2) is 60.7 Å². The topological polar surface area (TPSA) is 103 Å². The highest BCUT2D eigenvalue weighted by Gasteiger charge is 2.33. The number of amidine groups is 1. The first-order valence-electron chi connectivity index (χ1n) is 6.52. The third-order valence-corrected chi connectivity index (χ3v) is 5.41. The number of nitrogens with zero attached hydrogens (tertiary/aromatic N) is 3. The monoisotopic (exact) mass is 315 g/mol. The van der Waals surface area contributed by atoms with Crippen molar-refractivity contribution >= 4 is 15.9 Å². The Balaban J connectivity index is 2.12. The molecule has 1 aliphatic rings. The van der Waals surface area contributed by atoms with E-state index in [9.17, 15) is 12.8 Å². The van der Waals surface area contributed by atoms with Gasteiger partial charge in [-0.25, -0.2) is 17.8 Å². The van der Waals surface area contributed by atoms with Gasteiger partial charge < -0.3 is 5.73 Å². The molecular formula is C12H18FN5O2S. The van der Waals surface area contributed by atoms with E-state index in [2.05, 4.69) is 4.98 Å². The summed E-state index contributed by atoms with van der Waals surface area (Å²) in [4.78, 5) is 5.55. The van der Waals surface area contributed by atoms with Gasteiger partial charge in [-0.05, 0) is 19.1 Å². The smallest absolute Gasteiger partial charge is 0.263 e. The molecule has 1 atom stereocenters. The Morgan fingerprint density at radius 3 is 2.57 bits per heavy atom. The van der Waals surface area contributed by atoms with Crippen molar-refractivity contribution in [2.45, 2.75) is 18.0 Å². The zero-order chi connectivity index (χ0) is 15.6. The van der Waals surface area contributed by atoms with Crippen LogP contribution in [0.5, 0.6) is 0 Å². The van der Waals surface area contributed by atoms with Crippen molar-refractivity contribution in [2.24, 2.45) is 5.73 Å². The first kappa shape index (κ1) is 15.8. The van der Waals surface area contributed by atoms with Crippen molar-refractivity contribution < 1.29 is 12.8 Å². The largest absolute Gasteiger partial charge is 0.386 e. The summed E-state index contributed by atoms with van der Waals surface area (Å²) < 4.78 is 39.6. The second kappa shape index (κ2) is 6.04. The Bertz CT molecular complexity index is 628. The van der Waals surface area contributed by atoms with Gasteiger partial charge in [-0.3, -0.25) is 10.3 Å². The average Bonchev–Trinajstić information content (AvgIpc) is 2.46. The Morgan fingerprint density at radius 1 is 1.43 bits per heavy atom. The minimum absolute atomic E-state index is 0.0436. The van der Waals surface area contributed by atoms with E-state index in [1.165, 1.54) is 16.6 Å². The maximum absolute atomic E-state index is 13.6. The minimum Gasteiger partial charge on any atom is -0.386 e. The van der Waals surface area contributed by atoms with Crippen LogP contribution in [0.15, 0.2) is 23.4 Å². The number of hydrogen-bond donors (Lipinski definition) is 2. The SMILES string of the molecule is CC(C(=N)N)N1CCN(S(=O)(=O)c2ncccc2F)CC1. The number of nitrogens with one attached hydrogen (secondary N) is 1. The highest BCUT2D eigenvalue weighted by atomic mass is 32.2. The molecule has 1 saturated heterocycles. The summed E-state index contributed by atoms with van der Waals surface area (Å²) in [6.07, 6.45) is 1.25. The van der Waals surface area contributed by atoms with Crippen LogP contribution in [-0.2, 0) is 10.0 Å². The third kappa shape index (κ3) is 3.20. The summed E-state index contributed by atoms with van der Waals surface area (Å²) in [5, 5.41) is 6.87. The van der Waals surface area contributed by atoms with E-state index in [0.717, 1.165) is 6.07 Å². The molecule has 1 aromatic rings. The van der Waals surface area contributed by atoms with Crippen LogP contribution < -0.4 is 5.73 Å². The number of pyridine rings is 1. The summed E-state index contributed by atoms with van der Waals surface area (Å²) in [5.74, 6) is -0.806. The highest BCUT2D eigenvalue weighted by Crippen LogP contribution is 2.18. The van der Waals surface area contributed by atoms with Gasteiger partial charge in [0.2, 0.25) is 5.03 Å². The maximum Gasteiger partial charge on any atom is 0.263 e. The lowest BCUT2D eigenvalue weighted by molar-refractivity contribution is 0.173. The molecule has 116 valence electrons. The van der Waals surface area contributed by atoms with Crippen LogP contribution in [0.1, 0.15) is 6.92 Å². The number of rotatable bonds is 4. The van der Waals surface area contributed by atoms with Crippen molar-refractivity contribution in [3.63, 3.8) is 0 Å². The minimum atomic E-state index is -3.93. The van der Waals surface area contributed by atoms with Gasteiger partial charge in [-0.2, -0.15) is 4.31 Å². The second-order valence-electron chi connectivity index (χ2n) is 4.86. The first-order chi connectivity index (χ1) is 9.84. The Hall–Kier alpha value is -1.58. The second-order valence-corrected chi connectivity index (χ2v) is 6.71. The van der Waals surface area contributed by atoms with Gasteiger partial charge >= 0.3 is 0 Å². The van der Waals surface area contributed by atoms with Crippen molar-refractivity contribution in [2.75, 3.05) is 26.2 Å². The highest BCUT2D eigenvalue weighted by molar-refractivity contribution is 7.89. The van der Waals surface area contributed by atoms with Gasteiger partial charge in [0.1, 0.15) is 5.84 Å². The molecule has 21 heavy (non-hydrogen) atoms. The van der Waals surface area contributed by atoms with Crippen molar-refractivity contribution in [1.29, 1.82) is 5.41 Å². The fraction of sp³-hybridized carbons (Fsp3) is 0.500. The Labute approximate surface area is 123 Å².